The quantitative estimate of drug-likeness (QED) is 0.865. The van der Waals surface area contributed by atoms with Crippen molar-refractivity contribution in [3.63, 3.8) is 0 Å². The molecular weight excluding hydrogens is 268 g/mol. The molecule has 1 aliphatic rings. The maximum absolute atomic E-state index is 5.55. The highest BCUT2D eigenvalue weighted by Crippen LogP contribution is 2.39. The van der Waals surface area contributed by atoms with E-state index in [2.05, 4.69) is 22.1 Å². The van der Waals surface area contributed by atoms with E-state index in [-0.39, 0.29) is 0 Å². The molecule has 0 aliphatic carbocycles. The molecule has 3 rings (SSSR count). The molecule has 1 atom stereocenters. The summed E-state index contributed by atoms with van der Waals surface area (Å²) in [7, 11) is 3.63. The van der Waals surface area contributed by atoms with Gasteiger partial charge in [-0.2, -0.15) is 5.10 Å². The fourth-order valence-corrected chi connectivity index (χ4v) is 3.32. The molecule has 3 heterocycles. The fourth-order valence-electron chi connectivity index (χ4n) is 3.32. The molecule has 6 heteroatoms. The molecule has 0 N–H and O–H groups in total. The molecule has 114 valence electrons. The zero-order valence-corrected chi connectivity index (χ0v) is 13.1. The van der Waals surface area contributed by atoms with E-state index >= 15 is 0 Å². The predicted molar refractivity (Wildman–Crippen MR) is 78.1 cm³/mol. The van der Waals surface area contributed by atoms with Gasteiger partial charge in [-0.25, -0.2) is 4.68 Å². The van der Waals surface area contributed by atoms with Gasteiger partial charge in [0.15, 0.2) is 0 Å². The topological polar surface area (TPSA) is 56.3 Å². The normalized spacial score (nSPS) is 19.3. The molecule has 2 aromatic rings. The van der Waals surface area contributed by atoms with Crippen LogP contribution >= 0.6 is 0 Å². The Hall–Kier alpha value is -1.82. The largest absolute Gasteiger partial charge is 0.481 e. The number of aromatic nitrogens is 3. The SMILES string of the molecule is COc1c([C@H]2CCCN2Cc2cc(C)on2)c(C)nn1C. The average molecular weight is 290 g/mol. The van der Waals surface area contributed by atoms with Crippen LogP contribution in [0.4, 0.5) is 0 Å². The van der Waals surface area contributed by atoms with Gasteiger partial charge in [0.25, 0.3) is 0 Å². The number of nitrogens with zero attached hydrogens (tertiary/aromatic N) is 4. The molecule has 1 fully saturated rings. The van der Waals surface area contributed by atoms with E-state index in [4.69, 9.17) is 9.26 Å². The number of ether oxygens (including phenoxy) is 1. The van der Waals surface area contributed by atoms with Gasteiger partial charge in [-0.15, -0.1) is 0 Å². The highest BCUT2D eigenvalue weighted by molar-refractivity contribution is 5.35. The van der Waals surface area contributed by atoms with Gasteiger partial charge in [-0.3, -0.25) is 4.90 Å². The van der Waals surface area contributed by atoms with E-state index in [0.29, 0.717) is 6.04 Å². The minimum Gasteiger partial charge on any atom is -0.481 e. The van der Waals surface area contributed by atoms with Crippen LogP contribution < -0.4 is 4.74 Å². The Morgan fingerprint density at radius 2 is 2.24 bits per heavy atom. The summed E-state index contributed by atoms with van der Waals surface area (Å²) in [4.78, 5) is 2.43. The van der Waals surface area contributed by atoms with Gasteiger partial charge in [0.05, 0.1) is 24.1 Å². The van der Waals surface area contributed by atoms with Crippen LogP contribution in [0.2, 0.25) is 0 Å². The second-order valence-electron chi connectivity index (χ2n) is 5.69. The molecule has 6 nitrogen and oxygen atoms in total. The van der Waals surface area contributed by atoms with Gasteiger partial charge in [0.2, 0.25) is 5.88 Å². The highest BCUT2D eigenvalue weighted by Gasteiger charge is 2.32. The van der Waals surface area contributed by atoms with E-state index in [0.717, 1.165) is 42.5 Å². The summed E-state index contributed by atoms with van der Waals surface area (Å²) >= 11 is 0. The standard InChI is InChI=1S/C15H22N4O2/c1-10-8-12(17-21-10)9-19-7-5-6-13(19)14-11(2)16-18(3)15(14)20-4/h8,13H,5-7,9H2,1-4H3/t13-/m1/s1. The summed E-state index contributed by atoms with van der Waals surface area (Å²) < 4.78 is 12.5. The van der Waals surface area contributed by atoms with Crippen molar-refractivity contribution in [1.29, 1.82) is 0 Å². The number of methoxy groups -OCH3 is 1. The lowest BCUT2D eigenvalue weighted by molar-refractivity contribution is 0.233. The van der Waals surface area contributed by atoms with Crippen LogP contribution in [0.5, 0.6) is 5.88 Å². The highest BCUT2D eigenvalue weighted by atomic mass is 16.5. The van der Waals surface area contributed by atoms with Gasteiger partial charge in [-0.05, 0) is 33.2 Å². The molecular formula is C15H22N4O2. The lowest BCUT2D eigenvalue weighted by Gasteiger charge is -2.24. The van der Waals surface area contributed by atoms with Gasteiger partial charge >= 0.3 is 0 Å². The van der Waals surface area contributed by atoms with Gasteiger partial charge in [0, 0.05) is 25.7 Å². The summed E-state index contributed by atoms with van der Waals surface area (Å²) in [6, 6.07) is 2.34. The molecule has 0 unspecified atom stereocenters. The van der Waals surface area contributed by atoms with Crippen molar-refractivity contribution in [2.75, 3.05) is 13.7 Å². The van der Waals surface area contributed by atoms with Crippen LogP contribution in [-0.2, 0) is 13.6 Å². The fraction of sp³-hybridized carbons (Fsp3) is 0.600. The average Bonchev–Trinajstić information content (AvgIpc) is 3.10. The third kappa shape index (κ3) is 2.55. The number of likely N-dealkylation sites (tertiary alicyclic amines) is 1. The molecule has 0 saturated carbocycles. The Morgan fingerprint density at radius 1 is 1.43 bits per heavy atom. The Morgan fingerprint density at radius 3 is 2.90 bits per heavy atom. The Bertz CT molecular complexity index is 632. The third-order valence-electron chi connectivity index (χ3n) is 4.15. The van der Waals surface area contributed by atoms with Crippen LogP contribution in [0.15, 0.2) is 10.6 Å². The van der Waals surface area contributed by atoms with Crippen molar-refractivity contribution >= 4 is 0 Å². The third-order valence-corrected chi connectivity index (χ3v) is 4.15. The van der Waals surface area contributed by atoms with Crippen molar-refractivity contribution in [3.8, 4) is 5.88 Å². The first-order chi connectivity index (χ1) is 10.1. The summed E-state index contributed by atoms with van der Waals surface area (Å²) in [5.41, 5.74) is 3.24. The monoisotopic (exact) mass is 290 g/mol. The van der Waals surface area contributed by atoms with Gasteiger partial charge in [0.1, 0.15) is 5.76 Å². The molecule has 0 spiro atoms. The van der Waals surface area contributed by atoms with Crippen LogP contribution in [0, 0.1) is 13.8 Å². The summed E-state index contributed by atoms with van der Waals surface area (Å²) in [6.45, 7) is 5.84. The molecule has 0 amide bonds. The van der Waals surface area contributed by atoms with Crippen molar-refractivity contribution in [1.82, 2.24) is 19.8 Å². The second-order valence-corrected chi connectivity index (χ2v) is 5.69. The van der Waals surface area contributed by atoms with E-state index in [1.807, 2.05) is 24.7 Å². The minimum absolute atomic E-state index is 0.339. The Labute approximate surface area is 124 Å². The van der Waals surface area contributed by atoms with Crippen molar-refractivity contribution in [2.24, 2.45) is 7.05 Å². The van der Waals surface area contributed by atoms with E-state index < -0.39 is 0 Å². The number of rotatable bonds is 4. The summed E-state index contributed by atoms with van der Waals surface area (Å²) in [5.74, 6) is 1.72. The maximum Gasteiger partial charge on any atom is 0.216 e. The first-order valence-corrected chi connectivity index (χ1v) is 7.34. The van der Waals surface area contributed by atoms with E-state index in [1.54, 1.807) is 7.11 Å². The minimum atomic E-state index is 0.339. The molecule has 1 aliphatic heterocycles. The van der Waals surface area contributed by atoms with Crippen LogP contribution in [0.1, 0.15) is 41.6 Å². The molecule has 21 heavy (non-hydrogen) atoms. The molecule has 0 aromatic carbocycles. The van der Waals surface area contributed by atoms with Crippen LogP contribution in [-0.4, -0.2) is 33.5 Å². The first-order valence-electron chi connectivity index (χ1n) is 7.34. The van der Waals surface area contributed by atoms with Crippen LogP contribution in [0.25, 0.3) is 0 Å². The smallest absolute Gasteiger partial charge is 0.216 e. The van der Waals surface area contributed by atoms with Gasteiger partial charge in [-0.1, -0.05) is 5.16 Å². The predicted octanol–water partition coefficient (Wildman–Crippen LogP) is 2.37. The second kappa shape index (κ2) is 5.52. The first kappa shape index (κ1) is 14.1. The summed E-state index contributed by atoms with van der Waals surface area (Å²) in [6.07, 6.45) is 2.30. The lowest BCUT2D eigenvalue weighted by atomic mass is 10.0. The molecule has 2 aromatic heterocycles. The Balaban J connectivity index is 1.87. The van der Waals surface area contributed by atoms with Crippen molar-refractivity contribution in [2.45, 2.75) is 39.3 Å². The van der Waals surface area contributed by atoms with Crippen molar-refractivity contribution < 1.29 is 9.26 Å². The zero-order chi connectivity index (χ0) is 15.0. The Kier molecular flexibility index (Phi) is 3.71. The van der Waals surface area contributed by atoms with Crippen LogP contribution in [0.3, 0.4) is 0 Å². The maximum atomic E-state index is 5.55. The van der Waals surface area contributed by atoms with Gasteiger partial charge < -0.3 is 9.26 Å². The molecule has 0 bridgehead atoms. The summed E-state index contributed by atoms with van der Waals surface area (Å²) in [5, 5.41) is 8.61. The number of aryl methyl sites for hydroxylation is 3. The molecule has 0 radical (unpaired) electrons. The zero-order valence-electron chi connectivity index (χ0n) is 13.1. The number of hydrogen-bond acceptors (Lipinski definition) is 5. The lowest BCUT2D eigenvalue weighted by Crippen LogP contribution is -2.23. The number of hydrogen-bond donors (Lipinski definition) is 0. The van der Waals surface area contributed by atoms with Crippen molar-refractivity contribution in [3.05, 3.63) is 28.8 Å². The molecule has 1 saturated heterocycles. The van der Waals surface area contributed by atoms with E-state index in [1.165, 1.54) is 12.0 Å². The van der Waals surface area contributed by atoms with E-state index in [9.17, 15) is 0 Å².